The number of ether oxygens (including phenoxy) is 2. The predicted molar refractivity (Wildman–Crippen MR) is 96.2 cm³/mol. The van der Waals surface area contributed by atoms with Crippen LogP contribution in [0, 0.1) is 0 Å². The summed E-state index contributed by atoms with van der Waals surface area (Å²) in [5.41, 5.74) is 0.403. The largest absolute Gasteiger partial charge is 0.502 e. The lowest BCUT2D eigenvalue weighted by atomic mass is 10.1. The zero-order valence-corrected chi connectivity index (χ0v) is 14.7. The maximum absolute atomic E-state index is 12.5. The zero-order chi connectivity index (χ0) is 18.7. The molecular formula is C19H16ClNO5. The molecule has 2 aromatic rings. The number of imide groups is 1. The molecule has 1 N–H and O–H groups in total. The SMILES string of the molecule is COc1ccc(OCCN2C(=O)C(O)=C(c3ccc(Cl)cc3)C2=O)cc1. The van der Waals surface area contributed by atoms with Crippen LogP contribution in [0.1, 0.15) is 5.56 Å². The van der Waals surface area contributed by atoms with Gasteiger partial charge in [0.25, 0.3) is 11.8 Å². The molecule has 0 atom stereocenters. The number of benzene rings is 2. The van der Waals surface area contributed by atoms with Gasteiger partial charge in [0.2, 0.25) is 0 Å². The van der Waals surface area contributed by atoms with E-state index in [1.165, 1.54) is 0 Å². The van der Waals surface area contributed by atoms with Crippen molar-refractivity contribution in [2.75, 3.05) is 20.3 Å². The van der Waals surface area contributed by atoms with Crippen LogP contribution in [0.2, 0.25) is 5.02 Å². The number of aliphatic hydroxyl groups is 1. The molecule has 6 nitrogen and oxygen atoms in total. The van der Waals surface area contributed by atoms with Crippen LogP contribution in [0.3, 0.4) is 0 Å². The second kappa shape index (κ2) is 7.49. The van der Waals surface area contributed by atoms with Gasteiger partial charge in [-0.15, -0.1) is 0 Å². The molecule has 0 saturated carbocycles. The minimum Gasteiger partial charge on any atom is -0.502 e. The minimum absolute atomic E-state index is 0.0187. The Hall–Kier alpha value is -2.99. The summed E-state index contributed by atoms with van der Waals surface area (Å²) < 4.78 is 10.6. The van der Waals surface area contributed by atoms with E-state index in [2.05, 4.69) is 0 Å². The average molecular weight is 374 g/mol. The van der Waals surface area contributed by atoms with Crippen LogP contribution in [0.5, 0.6) is 11.5 Å². The van der Waals surface area contributed by atoms with Gasteiger partial charge in [0, 0.05) is 5.02 Å². The summed E-state index contributed by atoms with van der Waals surface area (Å²) in [4.78, 5) is 25.7. The van der Waals surface area contributed by atoms with Gasteiger partial charge in [0.05, 0.1) is 19.2 Å². The van der Waals surface area contributed by atoms with Gasteiger partial charge in [-0.3, -0.25) is 14.5 Å². The standard InChI is InChI=1S/C19H16ClNO5/c1-25-14-6-8-15(9-7-14)26-11-10-21-18(23)16(17(22)19(21)24)12-2-4-13(20)5-3-12/h2-9,22H,10-11H2,1H3. The summed E-state index contributed by atoms with van der Waals surface area (Å²) in [5.74, 6) is -0.586. The first-order chi connectivity index (χ1) is 12.5. The Balaban J connectivity index is 1.65. The molecule has 7 heteroatoms. The Labute approximate surface area is 155 Å². The Kier molecular flexibility index (Phi) is 5.14. The van der Waals surface area contributed by atoms with Crippen molar-refractivity contribution in [1.29, 1.82) is 0 Å². The second-order valence-electron chi connectivity index (χ2n) is 5.52. The van der Waals surface area contributed by atoms with Gasteiger partial charge in [-0.05, 0) is 42.0 Å². The molecular weight excluding hydrogens is 358 g/mol. The zero-order valence-electron chi connectivity index (χ0n) is 13.9. The molecule has 1 aliphatic rings. The van der Waals surface area contributed by atoms with Gasteiger partial charge in [-0.2, -0.15) is 0 Å². The first-order valence-electron chi connectivity index (χ1n) is 7.83. The van der Waals surface area contributed by atoms with Crippen molar-refractivity contribution in [1.82, 2.24) is 4.90 Å². The minimum atomic E-state index is -0.738. The van der Waals surface area contributed by atoms with E-state index >= 15 is 0 Å². The van der Waals surface area contributed by atoms with Crippen LogP contribution in [0.4, 0.5) is 0 Å². The number of carbonyl (C=O) groups is 2. The lowest BCUT2D eigenvalue weighted by molar-refractivity contribution is -0.138. The number of aliphatic hydroxyl groups excluding tert-OH is 1. The smallest absolute Gasteiger partial charge is 0.296 e. The monoisotopic (exact) mass is 373 g/mol. The molecule has 0 unspecified atom stereocenters. The quantitative estimate of drug-likeness (QED) is 0.787. The molecule has 0 saturated heterocycles. The molecule has 0 aliphatic carbocycles. The topological polar surface area (TPSA) is 76.1 Å². The first kappa shape index (κ1) is 17.8. The van der Waals surface area contributed by atoms with E-state index in [0.29, 0.717) is 22.1 Å². The maximum atomic E-state index is 12.5. The summed E-state index contributed by atoms with van der Waals surface area (Å²) in [6.45, 7) is 0.121. The van der Waals surface area contributed by atoms with Crippen LogP contribution in [-0.4, -0.2) is 42.1 Å². The van der Waals surface area contributed by atoms with Crippen molar-refractivity contribution < 1.29 is 24.2 Å². The summed E-state index contributed by atoms with van der Waals surface area (Å²) in [5, 5.41) is 10.6. The van der Waals surface area contributed by atoms with E-state index < -0.39 is 17.6 Å². The fourth-order valence-corrected chi connectivity index (χ4v) is 2.70. The normalized spacial score (nSPS) is 14.2. The van der Waals surface area contributed by atoms with Crippen LogP contribution < -0.4 is 9.47 Å². The highest BCUT2D eigenvalue weighted by Gasteiger charge is 2.38. The summed E-state index contributed by atoms with van der Waals surface area (Å²) in [6, 6.07) is 13.3. The van der Waals surface area contributed by atoms with E-state index in [1.807, 2.05) is 0 Å². The second-order valence-corrected chi connectivity index (χ2v) is 5.95. The van der Waals surface area contributed by atoms with Crippen molar-refractivity contribution in [3.8, 4) is 11.5 Å². The molecule has 2 aromatic carbocycles. The van der Waals surface area contributed by atoms with E-state index in [0.717, 1.165) is 4.90 Å². The van der Waals surface area contributed by atoms with Gasteiger partial charge in [-0.1, -0.05) is 23.7 Å². The van der Waals surface area contributed by atoms with E-state index in [9.17, 15) is 14.7 Å². The van der Waals surface area contributed by atoms with E-state index in [-0.39, 0.29) is 18.7 Å². The Bertz CT molecular complexity index is 859. The third kappa shape index (κ3) is 3.50. The Morgan fingerprint density at radius 2 is 1.58 bits per heavy atom. The van der Waals surface area contributed by atoms with Gasteiger partial charge >= 0.3 is 0 Å². The number of hydrogen-bond acceptors (Lipinski definition) is 5. The van der Waals surface area contributed by atoms with Gasteiger partial charge < -0.3 is 14.6 Å². The van der Waals surface area contributed by atoms with Gasteiger partial charge in [-0.25, -0.2) is 0 Å². The molecule has 0 fully saturated rings. The summed E-state index contributed by atoms with van der Waals surface area (Å²) in [6.07, 6.45) is 0. The number of carbonyl (C=O) groups excluding carboxylic acids is 2. The summed E-state index contributed by atoms with van der Waals surface area (Å²) >= 11 is 5.83. The van der Waals surface area contributed by atoms with E-state index in [4.69, 9.17) is 21.1 Å². The number of hydrogen-bond donors (Lipinski definition) is 1. The number of halogens is 1. The average Bonchev–Trinajstić information content (AvgIpc) is 2.86. The highest BCUT2D eigenvalue weighted by Crippen LogP contribution is 2.28. The molecule has 3 rings (SSSR count). The van der Waals surface area contributed by atoms with Crippen LogP contribution in [-0.2, 0) is 9.59 Å². The molecule has 1 heterocycles. The fourth-order valence-electron chi connectivity index (χ4n) is 2.57. The predicted octanol–water partition coefficient (Wildman–Crippen LogP) is 3.07. The number of methoxy groups -OCH3 is 1. The van der Waals surface area contributed by atoms with Gasteiger partial charge in [0.1, 0.15) is 18.1 Å². The number of rotatable bonds is 6. The first-order valence-corrected chi connectivity index (χ1v) is 8.21. The lowest BCUT2D eigenvalue weighted by Crippen LogP contribution is -2.35. The molecule has 1 aliphatic heterocycles. The molecule has 2 amide bonds. The van der Waals surface area contributed by atoms with Crippen molar-refractivity contribution >= 4 is 29.0 Å². The van der Waals surface area contributed by atoms with Crippen molar-refractivity contribution in [2.45, 2.75) is 0 Å². The number of nitrogens with zero attached hydrogens (tertiary/aromatic N) is 1. The van der Waals surface area contributed by atoms with Gasteiger partial charge in [0.15, 0.2) is 5.76 Å². The Morgan fingerprint density at radius 3 is 2.19 bits per heavy atom. The molecule has 0 radical (unpaired) electrons. The van der Waals surface area contributed by atoms with Crippen molar-refractivity contribution in [3.05, 3.63) is 64.9 Å². The van der Waals surface area contributed by atoms with Crippen LogP contribution in [0.25, 0.3) is 5.57 Å². The molecule has 26 heavy (non-hydrogen) atoms. The summed E-state index contributed by atoms with van der Waals surface area (Å²) in [7, 11) is 1.57. The Morgan fingerprint density at radius 1 is 0.962 bits per heavy atom. The van der Waals surface area contributed by atoms with Crippen LogP contribution in [0.15, 0.2) is 54.3 Å². The van der Waals surface area contributed by atoms with Crippen molar-refractivity contribution in [2.24, 2.45) is 0 Å². The van der Waals surface area contributed by atoms with Crippen LogP contribution >= 0.6 is 11.6 Å². The molecule has 0 spiro atoms. The fraction of sp³-hybridized carbons (Fsp3) is 0.158. The van der Waals surface area contributed by atoms with E-state index in [1.54, 1.807) is 55.6 Å². The lowest BCUT2D eigenvalue weighted by Gasteiger charge is -2.15. The third-order valence-electron chi connectivity index (χ3n) is 3.92. The molecule has 0 bridgehead atoms. The highest BCUT2D eigenvalue weighted by molar-refractivity contribution is 6.35. The molecule has 134 valence electrons. The highest BCUT2D eigenvalue weighted by atomic mass is 35.5. The number of amides is 2. The molecule has 0 aromatic heterocycles. The third-order valence-corrected chi connectivity index (χ3v) is 4.17. The maximum Gasteiger partial charge on any atom is 0.296 e. The van der Waals surface area contributed by atoms with Crippen molar-refractivity contribution in [3.63, 3.8) is 0 Å².